The van der Waals surface area contributed by atoms with Gasteiger partial charge in [-0.15, -0.1) is 0 Å². The minimum Gasteiger partial charge on any atom is -0.481 e. The summed E-state index contributed by atoms with van der Waals surface area (Å²) in [6.07, 6.45) is 1.10. The van der Waals surface area contributed by atoms with Crippen LogP contribution in [-0.2, 0) is 16.0 Å². The lowest BCUT2D eigenvalue weighted by molar-refractivity contribution is -0.149. The van der Waals surface area contributed by atoms with E-state index in [1.807, 2.05) is 0 Å². The van der Waals surface area contributed by atoms with E-state index in [-0.39, 0.29) is 13.1 Å². The molecule has 0 heterocycles. The number of carboxylic acid groups (broad SMARTS) is 1. The molecule has 1 rings (SSSR count). The van der Waals surface area contributed by atoms with Gasteiger partial charge in [-0.2, -0.15) is 0 Å². The van der Waals surface area contributed by atoms with Crippen molar-refractivity contribution in [2.45, 2.75) is 33.1 Å². The number of halogens is 1. The zero-order valence-electron chi connectivity index (χ0n) is 15.0. The Hall–Kier alpha value is -2.28. The third-order valence-corrected chi connectivity index (χ3v) is 5.10. The average molecular weight is 384 g/mol. The van der Waals surface area contributed by atoms with Gasteiger partial charge in [0.1, 0.15) is 0 Å². The molecule has 0 bridgehead atoms. The Morgan fingerprint density at radius 2 is 1.81 bits per heavy atom. The number of nitrogens with one attached hydrogen (secondary N) is 2. The number of hydrogen-bond donors (Lipinski definition) is 4. The van der Waals surface area contributed by atoms with Gasteiger partial charge >= 0.3 is 12.0 Å². The molecule has 0 aliphatic rings. The Morgan fingerprint density at radius 3 is 2.31 bits per heavy atom. The molecule has 144 valence electrons. The lowest BCUT2D eigenvalue weighted by Crippen LogP contribution is -2.47. The molecule has 0 spiro atoms. The molecule has 0 saturated heterocycles. The molecule has 0 aliphatic carbocycles. The van der Waals surface area contributed by atoms with Crippen LogP contribution >= 0.6 is 11.6 Å². The molecule has 8 heteroatoms. The van der Waals surface area contributed by atoms with Gasteiger partial charge in [0.2, 0.25) is 5.91 Å². The summed E-state index contributed by atoms with van der Waals surface area (Å²) in [7, 11) is 0. The fourth-order valence-electron chi connectivity index (χ4n) is 2.61. The number of carbonyl (C=O) groups excluding carboxylic acids is 2. The zero-order chi connectivity index (χ0) is 19.7. The highest BCUT2D eigenvalue weighted by Gasteiger charge is 2.35. The van der Waals surface area contributed by atoms with Crippen LogP contribution in [0.5, 0.6) is 0 Å². The summed E-state index contributed by atoms with van der Waals surface area (Å²) in [5.41, 5.74) is 5.18. The predicted molar refractivity (Wildman–Crippen MR) is 99.9 cm³/mol. The van der Waals surface area contributed by atoms with Crippen LogP contribution in [0, 0.1) is 11.3 Å². The Labute approximate surface area is 158 Å². The monoisotopic (exact) mass is 383 g/mol. The summed E-state index contributed by atoms with van der Waals surface area (Å²) >= 11 is 6.09. The van der Waals surface area contributed by atoms with Crippen molar-refractivity contribution in [2.75, 3.05) is 13.1 Å². The quantitative estimate of drug-likeness (QED) is 0.494. The summed E-state index contributed by atoms with van der Waals surface area (Å²) in [6.45, 7) is 3.57. The molecule has 7 nitrogen and oxygen atoms in total. The normalized spacial score (nSPS) is 12.3. The SMILES string of the molecule is CCC(CC)(CNC(=O)NCC(Cc1ccccc1Cl)C(N)=O)C(=O)O. The molecular formula is C18H26ClN3O4. The van der Waals surface area contributed by atoms with Crippen LogP contribution in [0.2, 0.25) is 5.02 Å². The van der Waals surface area contributed by atoms with E-state index in [1.54, 1.807) is 38.1 Å². The van der Waals surface area contributed by atoms with Gasteiger partial charge < -0.3 is 21.5 Å². The minimum absolute atomic E-state index is 0.00686. The number of primary amides is 1. The van der Waals surface area contributed by atoms with Crippen molar-refractivity contribution in [3.8, 4) is 0 Å². The van der Waals surface area contributed by atoms with E-state index in [0.717, 1.165) is 5.56 Å². The van der Waals surface area contributed by atoms with Gasteiger partial charge in [0, 0.05) is 18.1 Å². The molecule has 0 aliphatic heterocycles. The number of benzene rings is 1. The highest BCUT2D eigenvalue weighted by atomic mass is 35.5. The van der Waals surface area contributed by atoms with Crippen LogP contribution in [0.25, 0.3) is 0 Å². The number of aliphatic carboxylic acids is 1. The largest absolute Gasteiger partial charge is 0.481 e. The Balaban J connectivity index is 2.61. The fourth-order valence-corrected chi connectivity index (χ4v) is 2.82. The summed E-state index contributed by atoms with van der Waals surface area (Å²) in [6, 6.07) is 6.56. The van der Waals surface area contributed by atoms with Crippen LogP contribution in [0.3, 0.4) is 0 Å². The first-order valence-corrected chi connectivity index (χ1v) is 8.91. The highest BCUT2D eigenvalue weighted by Crippen LogP contribution is 2.25. The first kappa shape index (κ1) is 21.8. The van der Waals surface area contributed by atoms with Gasteiger partial charge in [0.25, 0.3) is 0 Å². The average Bonchev–Trinajstić information content (AvgIpc) is 2.60. The van der Waals surface area contributed by atoms with Gasteiger partial charge in [-0.3, -0.25) is 9.59 Å². The van der Waals surface area contributed by atoms with Gasteiger partial charge in [-0.1, -0.05) is 43.6 Å². The molecular weight excluding hydrogens is 358 g/mol. The number of hydrogen-bond acceptors (Lipinski definition) is 3. The van der Waals surface area contributed by atoms with Crippen LogP contribution in [0.15, 0.2) is 24.3 Å². The lowest BCUT2D eigenvalue weighted by Gasteiger charge is -2.27. The van der Waals surface area contributed by atoms with E-state index in [2.05, 4.69) is 10.6 Å². The smallest absolute Gasteiger partial charge is 0.314 e. The second-order valence-corrected chi connectivity index (χ2v) is 6.66. The van der Waals surface area contributed by atoms with E-state index in [0.29, 0.717) is 24.3 Å². The zero-order valence-corrected chi connectivity index (χ0v) is 15.8. The first-order chi connectivity index (χ1) is 12.3. The number of carbonyl (C=O) groups is 3. The van der Waals surface area contributed by atoms with Gasteiger partial charge in [-0.05, 0) is 30.9 Å². The Morgan fingerprint density at radius 1 is 1.19 bits per heavy atom. The third kappa shape index (κ3) is 5.91. The van der Waals surface area contributed by atoms with Crippen molar-refractivity contribution in [3.05, 3.63) is 34.9 Å². The molecule has 26 heavy (non-hydrogen) atoms. The second-order valence-electron chi connectivity index (χ2n) is 6.25. The number of nitrogens with two attached hydrogens (primary N) is 1. The van der Waals surface area contributed by atoms with Crippen molar-refractivity contribution >= 4 is 29.5 Å². The van der Waals surface area contributed by atoms with E-state index >= 15 is 0 Å². The Bertz CT molecular complexity index is 647. The van der Waals surface area contributed by atoms with E-state index in [1.165, 1.54) is 0 Å². The maximum atomic E-state index is 12.0. The van der Waals surface area contributed by atoms with Crippen LogP contribution in [0.4, 0.5) is 4.79 Å². The molecule has 0 aromatic heterocycles. The molecule has 0 fully saturated rings. The number of urea groups is 1. The number of rotatable bonds is 10. The van der Waals surface area contributed by atoms with Crippen molar-refractivity contribution in [2.24, 2.45) is 17.1 Å². The Kier molecular flexibility index (Phi) is 8.38. The number of carboxylic acids is 1. The van der Waals surface area contributed by atoms with Crippen molar-refractivity contribution in [3.63, 3.8) is 0 Å². The lowest BCUT2D eigenvalue weighted by atomic mass is 9.82. The van der Waals surface area contributed by atoms with Crippen LogP contribution < -0.4 is 16.4 Å². The standard InChI is InChI=1S/C18H26ClN3O4/c1-3-18(4-2,16(24)25)11-22-17(26)21-10-13(15(20)23)9-12-7-5-6-8-14(12)19/h5-8,13H,3-4,9-11H2,1-2H3,(H2,20,23)(H,24,25)(H2,21,22,26). The molecule has 0 saturated carbocycles. The van der Waals surface area contributed by atoms with Gasteiger partial charge in [0.05, 0.1) is 11.3 Å². The molecule has 5 N–H and O–H groups in total. The summed E-state index contributed by atoms with van der Waals surface area (Å²) < 4.78 is 0. The molecule has 3 amide bonds. The minimum atomic E-state index is -1.00. The van der Waals surface area contributed by atoms with Crippen molar-refractivity contribution in [1.29, 1.82) is 0 Å². The molecule has 1 unspecified atom stereocenters. The fraction of sp³-hybridized carbons (Fsp3) is 0.500. The number of amides is 3. The summed E-state index contributed by atoms with van der Waals surface area (Å²) in [5.74, 6) is -2.12. The maximum Gasteiger partial charge on any atom is 0.314 e. The molecule has 0 radical (unpaired) electrons. The summed E-state index contributed by atoms with van der Waals surface area (Å²) in [4.78, 5) is 35.1. The van der Waals surface area contributed by atoms with E-state index in [9.17, 15) is 19.5 Å². The topological polar surface area (TPSA) is 122 Å². The van der Waals surface area contributed by atoms with Gasteiger partial charge in [-0.25, -0.2) is 4.79 Å². The third-order valence-electron chi connectivity index (χ3n) is 4.73. The predicted octanol–water partition coefficient (Wildman–Crippen LogP) is 2.17. The molecule has 1 aromatic rings. The summed E-state index contributed by atoms with van der Waals surface area (Å²) in [5, 5.41) is 15.0. The second kappa shape index (κ2) is 10.0. The van der Waals surface area contributed by atoms with E-state index < -0.39 is 29.2 Å². The van der Waals surface area contributed by atoms with Gasteiger partial charge in [0.15, 0.2) is 0 Å². The van der Waals surface area contributed by atoms with Crippen molar-refractivity contribution < 1.29 is 19.5 Å². The highest BCUT2D eigenvalue weighted by molar-refractivity contribution is 6.31. The van der Waals surface area contributed by atoms with E-state index in [4.69, 9.17) is 17.3 Å². The first-order valence-electron chi connectivity index (χ1n) is 8.53. The maximum absolute atomic E-state index is 12.0. The van der Waals surface area contributed by atoms with Crippen molar-refractivity contribution in [1.82, 2.24) is 10.6 Å². The van der Waals surface area contributed by atoms with Crippen LogP contribution in [0.1, 0.15) is 32.3 Å². The molecule has 1 atom stereocenters. The molecule has 1 aromatic carbocycles. The van der Waals surface area contributed by atoms with Crippen LogP contribution in [-0.4, -0.2) is 36.1 Å².